The summed E-state index contributed by atoms with van der Waals surface area (Å²) in [6.45, 7) is 0. The Hall–Kier alpha value is -1.04. The first-order chi connectivity index (χ1) is 11.7. The molecule has 2 aliphatic rings. The van der Waals surface area contributed by atoms with Crippen LogP contribution < -0.4 is 17.9 Å². The van der Waals surface area contributed by atoms with Crippen LogP contribution in [-0.4, -0.2) is 53.7 Å². The van der Waals surface area contributed by atoms with E-state index in [2.05, 4.69) is 22.8 Å². The zero-order valence-electron chi connectivity index (χ0n) is 13.1. The van der Waals surface area contributed by atoms with E-state index in [-0.39, 0.29) is 53.7 Å². The SMILES string of the molecule is O=C1CC[Te]c2ccccc2N1.O=C1CC[Te]c2ccccc2N1. The molecule has 2 heterocycles. The number of para-hydroxylation sites is 2. The number of anilines is 2. The second kappa shape index (κ2) is 8.88. The Morgan fingerprint density at radius 1 is 0.667 bits per heavy atom. The number of rotatable bonds is 0. The summed E-state index contributed by atoms with van der Waals surface area (Å²) in [5, 5.41) is 5.83. The van der Waals surface area contributed by atoms with Crippen LogP contribution in [0.3, 0.4) is 0 Å². The van der Waals surface area contributed by atoms with Gasteiger partial charge < -0.3 is 0 Å². The zero-order chi connectivity index (χ0) is 16.8. The normalized spacial score (nSPS) is 16.2. The molecule has 0 fully saturated rings. The van der Waals surface area contributed by atoms with Crippen molar-refractivity contribution in [2.24, 2.45) is 0 Å². The maximum atomic E-state index is 11.2. The summed E-state index contributed by atoms with van der Waals surface area (Å²) < 4.78 is 4.95. The number of benzene rings is 2. The van der Waals surface area contributed by atoms with Crippen molar-refractivity contribution in [3.63, 3.8) is 0 Å². The molecule has 2 aliphatic heterocycles. The first-order valence-electron chi connectivity index (χ1n) is 7.76. The third-order valence-corrected chi connectivity index (χ3v) is 9.63. The molecule has 6 heteroatoms. The third kappa shape index (κ3) is 4.98. The Labute approximate surface area is 162 Å². The molecule has 0 aromatic heterocycles. The molecule has 2 N–H and O–H groups in total. The number of nitrogens with one attached hydrogen (secondary N) is 2. The fraction of sp³-hybridized carbons (Fsp3) is 0.222. The third-order valence-electron chi connectivity index (χ3n) is 3.50. The molecule has 2 amide bonds. The topological polar surface area (TPSA) is 58.2 Å². The van der Waals surface area contributed by atoms with Crippen molar-refractivity contribution in [2.45, 2.75) is 21.8 Å². The molecule has 0 aliphatic carbocycles. The molecule has 0 unspecified atom stereocenters. The van der Waals surface area contributed by atoms with Crippen LogP contribution >= 0.6 is 0 Å². The number of carbonyl (C=O) groups is 2. The number of fused-ring (bicyclic) bond motifs is 2. The number of hydrogen-bond donors (Lipinski definition) is 2. The Balaban J connectivity index is 0.000000141. The van der Waals surface area contributed by atoms with Gasteiger partial charge in [-0.05, 0) is 0 Å². The number of carbonyl (C=O) groups excluding carboxylic acids is 2. The molecule has 0 atom stereocenters. The van der Waals surface area contributed by atoms with Gasteiger partial charge in [0.1, 0.15) is 0 Å². The Morgan fingerprint density at radius 2 is 1.08 bits per heavy atom. The summed E-state index contributed by atoms with van der Waals surface area (Å²) in [6, 6.07) is 16.3. The second-order valence-corrected chi connectivity index (χ2v) is 11.8. The number of amides is 2. The van der Waals surface area contributed by atoms with Crippen molar-refractivity contribution < 1.29 is 9.59 Å². The van der Waals surface area contributed by atoms with Crippen LogP contribution in [0.1, 0.15) is 12.8 Å². The average molecular weight is 550 g/mol. The summed E-state index contributed by atoms with van der Waals surface area (Å²) in [5.74, 6) is 0.343. The fourth-order valence-electron chi connectivity index (χ4n) is 2.32. The molecule has 4 rings (SSSR count). The molecule has 2 aromatic carbocycles. The molecule has 0 spiro atoms. The van der Waals surface area contributed by atoms with Crippen molar-refractivity contribution in [1.29, 1.82) is 0 Å². The van der Waals surface area contributed by atoms with Crippen LogP contribution in [0.5, 0.6) is 0 Å². The van der Waals surface area contributed by atoms with Gasteiger partial charge in [0.2, 0.25) is 0 Å². The Morgan fingerprint density at radius 3 is 1.54 bits per heavy atom. The molecular weight excluding hydrogens is 531 g/mol. The molecule has 4 nitrogen and oxygen atoms in total. The summed E-state index contributed by atoms with van der Waals surface area (Å²) in [5.41, 5.74) is 2.09. The van der Waals surface area contributed by atoms with Gasteiger partial charge in [-0.2, -0.15) is 0 Å². The molecule has 0 saturated carbocycles. The Bertz CT molecular complexity index is 686. The van der Waals surface area contributed by atoms with E-state index in [4.69, 9.17) is 0 Å². The van der Waals surface area contributed by atoms with Crippen LogP contribution in [-0.2, 0) is 9.59 Å². The zero-order valence-corrected chi connectivity index (χ0v) is 17.7. The molecule has 0 radical (unpaired) electrons. The van der Waals surface area contributed by atoms with E-state index in [9.17, 15) is 9.59 Å². The monoisotopic (exact) mass is 554 g/mol. The molecule has 2 aromatic rings. The molecule has 24 heavy (non-hydrogen) atoms. The van der Waals surface area contributed by atoms with Crippen LogP contribution in [0.15, 0.2) is 48.5 Å². The molecule has 124 valence electrons. The van der Waals surface area contributed by atoms with Gasteiger partial charge in [-0.3, -0.25) is 0 Å². The molecular formula is C18H18N2O2Te2. The van der Waals surface area contributed by atoms with Crippen LogP contribution in [0.25, 0.3) is 0 Å². The van der Waals surface area contributed by atoms with E-state index < -0.39 is 0 Å². The van der Waals surface area contributed by atoms with Gasteiger partial charge >= 0.3 is 163 Å². The minimum atomic E-state index is -0.116. The summed E-state index contributed by atoms with van der Waals surface area (Å²) in [7, 11) is 0. The van der Waals surface area contributed by atoms with Gasteiger partial charge in [0.25, 0.3) is 0 Å². The molecule has 0 bridgehead atoms. The van der Waals surface area contributed by atoms with Gasteiger partial charge in [-0.25, -0.2) is 0 Å². The first-order valence-corrected chi connectivity index (χ1v) is 13.4. The van der Waals surface area contributed by atoms with Gasteiger partial charge in [-0.1, -0.05) is 0 Å². The van der Waals surface area contributed by atoms with Crippen LogP contribution in [0.4, 0.5) is 11.4 Å². The molecule has 0 saturated heterocycles. The van der Waals surface area contributed by atoms with E-state index in [1.54, 1.807) is 0 Å². The summed E-state index contributed by atoms with van der Waals surface area (Å²) >= 11 is -0.232. The van der Waals surface area contributed by atoms with E-state index in [0.717, 1.165) is 20.3 Å². The predicted molar refractivity (Wildman–Crippen MR) is 99.8 cm³/mol. The van der Waals surface area contributed by atoms with E-state index in [1.165, 1.54) is 7.22 Å². The Kier molecular flexibility index (Phi) is 6.58. The van der Waals surface area contributed by atoms with Crippen molar-refractivity contribution in [3.05, 3.63) is 48.5 Å². The van der Waals surface area contributed by atoms with Crippen LogP contribution in [0, 0.1) is 0 Å². The van der Waals surface area contributed by atoms with Gasteiger partial charge in [0.05, 0.1) is 0 Å². The van der Waals surface area contributed by atoms with Crippen molar-refractivity contribution in [3.8, 4) is 0 Å². The van der Waals surface area contributed by atoms with Gasteiger partial charge in [0.15, 0.2) is 0 Å². The van der Waals surface area contributed by atoms with Crippen molar-refractivity contribution in [2.75, 3.05) is 10.6 Å². The minimum absolute atomic E-state index is 0.116. The fourth-order valence-corrected chi connectivity index (χ4v) is 7.79. The summed E-state index contributed by atoms with van der Waals surface area (Å²) in [6.07, 6.45) is 1.41. The van der Waals surface area contributed by atoms with Crippen LogP contribution in [0.2, 0.25) is 8.94 Å². The summed E-state index contributed by atoms with van der Waals surface area (Å²) in [4.78, 5) is 22.3. The van der Waals surface area contributed by atoms with Crippen molar-refractivity contribution in [1.82, 2.24) is 0 Å². The number of hydrogen-bond acceptors (Lipinski definition) is 2. The predicted octanol–water partition coefficient (Wildman–Crippen LogP) is 1.55. The second-order valence-electron chi connectivity index (χ2n) is 5.29. The standard InChI is InChI=1S/2C9H9NOTe/c2*11-9-5-6-12-8-4-2-1-3-7(8)10-9/h2*1-4H,5-6H2,(H,10,11). The quantitative estimate of drug-likeness (QED) is 0.491. The van der Waals surface area contributed by atoms with Crippen molar-refractivity contribution >= 4 is 72.3 Å². The van der Waals surface area contributed by atoms with E-state index in [0.29, 0.717) is 12.8 Å². The van der Waals surface area contributed by atoms with E-state index in [1.807, 2.05) is 36.4 Å². The average Bonchev–Trinajstić information content (AvgIpc) is 2.89. The first kappa shape index (κ1) is 17.8. The maximum absolute atomic E-state index is 11.2. The van der Waals surface area contributed by atoms with E-state index >= 15 is 0 Å². The van der Waals surface area contributed by atoms with Gasteiger partial charge in [-0.15, -0.1) is 0 Å². The van der Waals surface area contributed by atoms with Gasteiger partial charge in [0, 0.05) is 0 Å².